The highest BCUT2D eigenvalue weighted by Gasteiger charge is 2.34. The van der Waals surface area contributed by atoms with Gasteiger partial charge in [0.05, 0.1) is 22.9 Å². The van der Waals surface area contributed by atoms with Gasteiger partial charge in [0.1, 0.15) is 11.6 Å². The van der Waals surface area contributed by atoms with Gasteiger partial charge in [0.25, 0.3) is 10.0 Å². The van der Waals surface area contributed by atoms with Gasteiger partial charge in [-0.25, -0.2) is 12.8 Å². The quantitative estimate of drug-likeness (QED) is 0.782. The molecule has 1 fully saturated rings. The van der Waals surface area contributed by atoms with Crippen molar-refractivity contribution in [2.45, 2.75) is 37.6 Å². The average molecular weight is 392 g/mol. The van der Waals surface area contributed by atoms with Crippen LogP contribution in [0.15, 0.2) is 47.4 Å². The highest BCUT2D eigenvalue weighted by molar-refractivity contribution is 7.92. The van der Waals surface area contributed by atoms with Crippen molar-refractivity contribution in [1.29, 1.82) is 0 Å². The minimum atomic E-state index is -3.96. The zero-order valence-corrected chi connectivity index (χ0v) is 15.9. The second-order valence-electron chi connectivity index (χ2n) is 6.29. The molecule has 1 N–H and O–H groups in total. The lowest BCUT2D eigenvalue weighted by atomic mass is 10.2. The van der Waals surface area contributed by atoms with E-state index >= 15 is 0 Å². The number of rotatable bonds is 7. The summed E-state index contributed by atoms with van der Waals surface area (Å²) in [5, 5.41) is 0. The fourth-order valence-corrected chi connectivity index (χ4v) is 3.91. The molecule has 0 heterocycles. The fraction of sp³-hybridized carbons (Fsp3) is 0.316. The monoisotopic (exact) mass is 392 g/mol. The molecule has 2 aromatic carbocycles. The van der Waals surface area contributed by atoms with Crippen LogP contribution in [0.2, 0.25) is 0 Å². The van der Waals surface area contributed by atoms with Crippen LogP contribution in [0.3, 0.4) is 0 Å². The lowest BCUT2D eigenvalue weighted by Crippen LogP contribution is -2.31. The van der Waals surface area contributed by atoms with Crippen molar-refractivity contribution >= 4 is 27.3 Å². The Bertz CT molecular complexity index is 941. The molecule has 0 aliphatic heterocycles. The topological polar surface area (TPSA) is 75.7 Å². The molecule has 1 saturated carbocycles. The predicted molar refractivity (Wildman–Crippen MR) is 101 cm³/mol. The van der Waals surface area contributed by atoms with E-state index in [1.165, 1.54) is 36.1 Å². The number of carbonyl (C=O) groups excluding carboxylic acids is 1. The number of ether oxygens (including phenoxy) is 1. The van der Waals surface area contributed by atoms with Crippen molar-refractivity contribution in [3.05, 3.63) is 48.3 Å². The summed E-state index contributed by atoms with van der Waals surface area (Å²) in [6, 6.07) is 9.66. The van der Waals surface area contributed by atoms with E-state index in [-0.39, 0.29) is 22.5 Å². The molecule has 1 amide bonds. The molecule has 0 aromatic heterocycles. The van der Waals surface area contributed by atoms with Crippen LogP contribution in [-0.2, 0) is 14.8 Å². The van der Waals surface area contributed by atoms with Gasteiger partial charge >= 0.3 is 0 Å². The minimum absolute atomic E-state index is 0.0155. The molecule has 0 bridgehead atoms. The molecule has 1 aliphatic carbocycles. The van der Waals surface area contributed by atoms with E-state index in [1.54, 1.807) is 12.1 Å². The molecule has 0 radical (unpaired) electrons. The van der Waals surface area contributed by atoms with Crippen molar-refractivity contribution < 1.29 is 22.3 Å². The first-order valence-electron chi connectivity index (χ1n) is 8.67. The molecular formula is C19H21FN2O4S. The third-order valence-electron chi connectivity index (χ3n) is 4.16. The van der Waals surface area contributed by atoms with E-state index in [9.17, 15) is 17.6 Å². The van der Waals surface area contributed by atoms with Gasteiger partial charge in [0.2, 0.25) is 5.91 Å². The zero-order chi connectivity index (χ0) is 19.6. The SMILES string of the molecule is CCOc1ccc(S(=O)(=O)Nc2cc(F)ccc2N(C(C)=O)C2CC2)cc1. The van der Waals surface area contributed by atoms with Crippen LogP contribution in [0.5, 0.6) is 5.75 Å². The van der Waals surface area contributed by atoms with Gasteiger partial charge in [-0.3, -0.25) is 9.52 Å². The Hall–Kier alpha value is -2.61. The van der Waals surface area contributed by atoms with E-state index in [0.29, 0.717) is 18.0 Å². The van der Waals surface area contributed by atoms with Crippen molar-refractivity contribution in [3.63, 3.8) is 0 Å². The van der Waals surface area contributed by atoms with Gasteiger partial charge in [-0.1, -0.05) is 0 Å². The number of hydrogen-bond acceptors (Lipinski definition) is 4. The van der Waals surface area contributed by atoms with Gasteiger partial charge in [0, 0.05) is 19.0 Å². The lowest BCUT2D eigenvalue weighted by Gasteiger charge is -2.24. The van der Waals surface area contributed by atoms with Crippen LogP contribution in [-0.4, -0.2) is 27.0 Å². The van der Waals surface area contributed by atoms with Crippen LogP contribution >= 0.6 is 0 Å². The first-order valence-corrected chi connectivity index (χ1v) is 10.1. The molecule has 6 nitrogen and oxygen atoms in total. The number of benzene rings is 2. The summed E-state index contributed by atoms with van der Waals surface area (Å²) in [4.78, 5) is 13.6. The standard InChI is InChI=1S/C19H21FN2O4S/c1-3-26-16-7-9-17(10-8-16)27(24,25)21-18-12-14(20)4-11-19(18)22(13(2)23)15-5-6-15/h4,7-12,15,21H,3,5-6H2,1-2H3. The first kappa shape index (κ1) is 19.2. The lowest BCUT2D eigenvalue weighted by molar-refractivity contribution is -0.116. The van der Waals surface area contributed by atoms with Crippen molar-refractivity contribution in [1.82, 2.24) is 0 Å². The van der Waals surface area contributed by atoms with E-state index in [4.69, 9.17) is 4.74 Å². The third kappa shape index (κ3) is 4.39. The molecule has 0 spiro atoms. The molecule has 1 aliphatic rings. The Morgan fingerprint density at radius 2 is 1.89 bits per heavy atom. The normalized spacial score (nSPS) is 13.9. The summed E-state index contributed by atoms with van der Waals surface area (Å²) < 4.78 is 47.0. The number of carbonyl (C=O) groups is 1. The molecule has 144 valence electrons. The summed E-state index contributed by atoms with van der Waals surface area (Å²) >= 11 is 0. The maximum atomic E-state index is 13.8. The van der Waals surface area contributed by atoms with Crippen LogP contribution in [0.4, 0.5) is 15.8 Å². The number of hydrogen-bond donors (Lipinski definition) is 1. The Kier molecular flexibility index (Phi) is 5.36. The van der Waals surface area contributed by atoms with Crippen LogP contribution in [0.1, 0.15) is 26.7 Å². The van der Waals surface area contributed by atoms with Gasteiger partial charge in [-0.15, -0.1) is 0 Å². The Morgan fingerprint density at radius 1 is 1.22 bits per heavy atom. The molecular weight excluding hydrogens is 371 g/mol. The van der Waals surface area contributed by atoms with Gasteiger partial charge in [-0.2, -0.15) is 0 Å². The van der Waals surface area contributed by atoms with Crippen LogP contribution in [0, 0.1) is 5.82 Å². The summed E-state index contributed by atoms with van der Waals surface area (Å²) in [6.45, 7) is 3.71. The van der Waals surface area contributed by atoms with E-state index in [2.05, 4.69) is 4.72 Å². The van der Waals surface area contributed by atoms with E-state index < -0.39 is 15.8 Å². The number of amides is 1. The van der Waals surface area contributed by atoms with Crippen LogP contribution < -0.4 is 14.4 Å². The number of anilines is 2. The second-order valence-corrected chi connectivity index (χ2v) is 7.97. The summed E-state index contributed by atoms with van der Waals surface area (Å²) in [5.41, 5.74) is 0.381. The maximum absolute atomic E-state index is 13.8. The molecule has 0 unspecified atom stereocenters. The molecule has 2 aromatic rings. The van der Waals surface area contributed by atoms with Crippen molar-refractivity contribution in [2.75, 3.05) is 16.2 Å². The highest BCUT2D eigenvalue weighted by Crippen LogP contribution is 2.37. The van der Waals surface area contributed by atoms with Crippen LogP contribution in [0.25, 0.3) is 0 Å². The number of nitrogens with zero attached hydrogens (tertiary/aromatic N) is 1. The first-order chi connectivity index (χ1) is 12.8. The number of nitrogens with one attached hydrogen (secondary N) is 1. The molecule has 0 saturated heterocycles. The summed E-state index contributed by atoms with van der Waals surface area (Å²) in [5.74, 6) is -0.257. The highest BCUT2D eigenvalue weighted by atomic mass is 32.2. The molecule has 27 heavy (non-hydrogen) atoms. The van der Waals surface area contributed by atoms with Gasteiger partial charge < -0.3 is 9.64 Å². The summed E-state index contributed by atoms with van der Waals surface area (Å²) in [6.07, 6.45) is 1.67. The fourth-order valence-electron chi connectivity index (χ4n) is 2.84. The van der Waals surface area contributed by atoms with E-state index in [0.717, 1.165) is 18.9 Å². The average Bonchev–Trinajstić information content (AvgIpc) is 3.42. The largest absolute Gasteiger partial charge is 0.494 e. The van der Waals surface area contributed by atoms with Crippen molar-refractivity contribution in [2.24, 2.45) is 0 Å². The Morgan fingerprint density at radius 3 is 2.44 bits per heavy atom. The zero-order valence-electron chi connectivity index (χ0n) is 15.1. The number of halogens is 1. The molecule has 0 atom stereocenters. The Labute approximate surface area is 158 Å². The number of sulfonamides is 1. The molecule has 3 rings (SSSR count). The third-order valence-corrected chi connectivity index (χ3v) is 5.54. The minimum Gasteiger partial charge on any atom is -0.494 e. The second kappa shape index (κ2) is 7.56. The van der Waals surface area contributed by atoms with E-state index in [1.807, 2.05) is 6.92 Å². The molecule has 8 heteroatoms. The smallest absolute Gasteiger partial charge is 0.261 e. The van der Waals surface area contributed by atoms with Gasteiger partial charge in [-0.05, 0) is 56.2 Å². The maximum Gasteiger partial charge on any atom is 0.261 e. The van der Waals surface area contributed by atoms with Gasteiger partial charge in [0.15, 0.2) is 0 Å². The predicted octanol–water partition coefficient (Wildman–Crippen LogP) is 3.54. The Balaban J connectivity index is 1.94. The summed E-state index contributed by atoms with van der Waals surface area (Å²) in [7, 11) is -3.96. The van der Waals surface area contributed by atoms with Crippen molar-refractivity contribution in [3.8, 4) is 5.75 Å².